The van der Waals surface area contributed by atoms with Crippen LogP contribution in [0.15, 0.2) is 42.2 Å². The Morgan fingerprint density at radius 3 is 2.97 bits per heavy atom. The zero-order chi connectivity index (χ0) is 21.8. The standard InChI is InChI=1S/C23H23ClFN3O3/c1-2-14(9-17(12-26)31-16-5-7-29-13-16)18-11-21(19-10-15(24)3-4-20(19)25)28-23-22(18)30-8-6-27-23/h2-4,9-12,16,26H,5-8,13H2,1H3,(H,27,28)/b14-2+,17-9+,26-12?. The van der Waals surface area contributed by atoms with Crippen molar-refractivity contribution >= 4 is 29.2 Å². The molecule has 31 heavy (non-hydrogen) atoms. The van der Waals surface area contributed by atoms with Crippen LogP contribution in [0.2, 0.25) is 5.02 Å². The summed E-state index contributed by atoms with van der Waals surface area (Å²) in [6, 6.07) is 6.15. The largest absolute Gasteiger partial charge is 0.487 e. The van der Waals surface area contributed by atoms with Crippen molar-refractivity contribution < 1.29 is 18.6 Å². The van der Waals surface area contributed by atoms with Crippen molar-refractivity contribution in [1.29, 1.82) is 5.41 Å². The summed E-state index contributed by atoms with van der Waals surface area (Å²) in [6.45, 7) is 4.12. The summed E-state index contributed by atoms with van der Waals surface area (Å²) in [5.41, 5.74) is 2.22. The first-order chi connectivity index (χ1) is 15.1. The molecule has 2 N–H and O–H groups in total. The third-order valence-electron chi connectivity index (χ3n) is 5.07. The minimum Gasteiger partial charge on any atom is -0.487 e. The molecule has 3 heterocycles. The zero-order valence-corrected chi connectivity index (χ0v) is 17.8. The van der Waals surface area contributed by atoms with Gasteiger partial charge in [-0.25, -0.2) is 9.37 Å². The molecule has 0 radical (unpaired) electrons. The molecule has 1 aromatic heterocycles. The van der Waals surface area contributed by atoms with E-state index in [1.165, 1.54) is 18.3 Å². The lowest BCUT2D eigenvalue weighted by Crippen LogP contribution is -2.20. The second kappa shape index (κ2) is 9.49. The van der Waals surface area contributed by atoms with Crippen molar-refractivity contribution in [2.45, 2.75) is 19.4 Å². The van der Waals surface area contributed by atoms with Crippen LogP contribution in [0.4, 0.5) is 10.2 Å². The smallest absolute Gasteiger partial charge is 0.170 e. The quantitative estimate of drug-likeness (QED) is 0.369. The summed E-state index contributed by atoms with van der Waals surface area (Å²) in [5, 5.41) is 11.4. The maximum atomic E-state index is 14.6. The first-order valence-corrected chi connectivity index (χ1v) is 10.5. The number of anilines is 1. The van der Waals surface area contributed by atoms with E-state index in [1.54, 1.807) is 18.2 Å². The van der Waals surface area contributed by atoms with Crippen LogP contribution >= 0.6 is 11.6 Å². The molecule has 8 heteroatoms. The fourth-order valence-electron chi connectivity index (χ4n) is 3.55. The number of aromatic nitrogens is 1. The zero-order valence-electron chi connectivity index (χ0n) is 17.1. The molecule has 2 aliphatic heterocycles. The molecule has 0 aliphatic carbocycles. The minimum absolute atomic E-state index is 0.0775. The van der Waals surface area contributed by atoms with Crippen molar-refractivity contribution in [3.8, 4) is 17.0 Å². The van der Waals surface area contributed by atoms with Gasteiger partial charge in [-0.3, -0.25) is 0 Å². The number of nitrogens with zero attached hydrogens (tertiary/aromatic N) is 1. The van der Waals surface area contributed by atoms with Crippen LogP contribution in [-0.4, -0.2) is 43.7 Å². The summed E-state index contributed by atoms with van der Waals surface area (Å²) in [6.07, 6.45) is 5.55. The lowest BCUT2D eigenvalue weighted by molar-refractivity contribution is 0.102. The normalized spacial score (nSPS) is 18.7. The number of fused-ring (bicyclic) bond motifs is 1. The Balaban J connectivity index is 1.78. The number of nitrogens with one attached hydrogen (secondary N) is 2. The predicted molar refractivity (Wildman–Crippen MR) is 119 cm³/mol. The summed E-state index contributed by atoms with van der Waals surface area (Å²) in [5.74, 6) is 1.11. The fourth-order valence-corrected chi connectivity index (χ4v) is 3.72. The van der Waals surface area contributed by atoms with Gasteiger partial charge in [-0.05, 0) is 42.8 Å². The number of allylic oxidation sites excluding steroid dienone is 4. The van der Waals surface area contributed by atoms with Gasteiger partial charge in [0.25, 0.3) is 0 Å². The van der Waals surface area contributed by atoms with Gasteiger partial charge in [0.05, 0.1) is 31.7 Å². The van der Waals surface area contributed by atoms with E-state index in [9.17, 15) is 4.39 Å². The SMILES string of the molecule is C/C=C(\C=C(/C=N)OC1CCOC1)c1cc(-c2cc(Cl)ccc2F)nc2c1OCCN2. The number of benzene rings is 1. The highest BCUT2D eigenvalue weighted by atomic mass is 35.5. The first kappa shape index (κ1) is 21.3. The summed E-state index contributed by atoms with van der Waals surface area (Å²) >= 11 is 6.10. The molecule has 1 atom stereocenters. The highest BCUT2D eigenvalue weighted by Crippen LogP contribution is 2.39. The van der Waals surface area contributed by atoms with E-state index >= 15 is 0 Å². The molecule has 0 bridgehead atoms. The monoisotopic (exact) mass is 443 g/mol. The Morgan fingerprint density at radius 1 is 1.35 bits per heavy atom. The Bertz CT molecular complexity index is 1050. The van der Waals surface area contributed by atoms with Crippen LogP contribution in [-0.2, 0) is 9.47 Å². The van der Waals surface area contributed by atoms with E-state index in [-0.39, 0.29) is 6.10 Å². The Labute approximate surface area is 185 Å². The van der Waals surface area contributed by atoms with Crippen molar-refractivity contribution in [3.05, 3.63) is 58.6 Å². The molecule has 1 aromatic carbocycles. The fraction of sp³-hybridized carbons (Fsp3) is 0.304. The van der Waals surface area contributed by atoms with Gasteiger partial charge < -0.3 is 24.9 Å². The highest BCUT2D eigenvalue weighted by Gasteiger charge is 2.22. The molecule has 0 spiro atoms. The molecule has 0 saturated carbocycles. The van der Waals surface area contributed by atoms with Gasteiger partial charge in [0.15, 0.2) is 11.6 Å². The van der Waals surface area contributed by atoms with Gasteiger partial charge in [-0.1, -0.05) is 17.7 Å². The van der Waals surface area contributed by atoms with E-state index in [0.29, 0.717) is 60.0 Å². The molecule has 0 amide bonds. The van der Waals surface area contributed by atoms with E-state index in [4.69, 9.17) is 31.2 Å². The molecule has 4 rings (SSSR count). The molecule has 162 valence electrons. The lowest BCUT2D eigenvalue weighted by Gasteiger charge is -2.23. The van der Waals surface area contributed by atoms with E-state index in [2.05, 4.69) is 10.3 Å². The Hall–Kier alpha value is -2.90. The molecular weight excluding hydrogens is 421 g/mol. The van der Waals surface area contributed by atoms with Crippen molar-refractivity contribution in [2.75, 3.05) is 31.7 Å². The average molecular weight is 444 g/mol. The summed E-state index contributed by atoms with van der Waals surface area (Å²) < 4.78 is 31.7. The van der Waals surface area contributed by atoms with E-state index in [0.717, 1.165) is 17.6 Å². The second-order valence-electron chi connectivity index (χ2n) is 7.17. The molecule has 1 unspecified atom stereocenters. The van der Waals surface area contributed by atoms with Crippen molar-refractivity contribution in [3.63, 3.8) is 0 Å². The maximum absolute atomic E-state index is 14.6. The molecule has 1 saturated heterocycles. The molecular formula is C23H23ClFN3O3. The van der Waals surface area contributed by atoms with Crippen LogP contribution in [0.25, 0.3) is 16.8 Å². The predicted octanol–water partition coefficient (Wildman–Crippen LogP) is 5.09. The van der Waals surface area contributed by atoms with Gasteiger partial charge in [-0.2, -0.15) is 0 Å². The van der Waals surface area contributed by atoms with Gasteiger partial charge in [0, 0.05) is 22.6 Å². The summed E-state index contributed by atoms with van der Waals surface area (Å²) in [7, 11) is 0. The molecule has 2 aromatic rings. The van der Waals surface area contributed by atoms with Gasteiger partial charge in [-0.15, -0.1) is 0 Å². The summed E-state index contributed by atoms with van der Waals surface area (Å²) in [4.78, 5) is 4.57. The molecule has 6 nitrogen and oxygen atoms in total. The minimum atomic E-state index is -0.415. The van der Waals surface area contributed by atoms with Crippen LogP contribution in [0, 0.1) is 11.2 Å². The molecule has 2 aliphatic rings. The second-order valence-corrected chi connectivity index (χ2v) is 7.61. The van der Waals surface area contributed by atoms with Gasteiger partial charge >= 0.3 is 0 Å². The van der Waals surface area contributed by atoms with Gasteiger partial charge in [0.2, 0.25) is 0 Å². The Morgan fingerprint density at radius 2 is 2.23 bits per heavy atom. The van der Waals surface area contributed by atoms with Crippen LogP contribution in [0.5, 0.6) is 5.75 Å². The Kier molecular flexibility index (Phi) is 6.53. The third-order valence-corrected chi connectivity index (χ3v) is 5.31. The first-order valence-electron chi connectivity index (χ1n) is 10.1. The topological polar surface area (TPSA) is 76.5 Å². The number of hydrogen-bond donors (Lipinski definition) is 2. The van der Waals surface area contributed by atoms with Crippen molar-refractivity contribution in [2.24, 2.45) is 0 Å². The maximum Gasteiger partial charge on any atom is 0.170 e. The third kappa shape index (κ3) is 4.73. The van der Waals surface area contributed by atoms with Crippen LogP contribution in [0.1, 0.15) is 18.9 Å². The highest BCUT2D eigenvalue weighted by molar-refractivity contribution is 6.30. The van der Waals surface area contributed by atoms with Crippen LogP contribution in [0.3, 0.4) is 0 Å². The van der Waals surface area contributed by atoms with Gasteiger partial charge in [0.1, 0.15) is 24.3 Å². The number of halogens is 2. The lowest BCUT2D eigenvalue weighted by atomic mass is 10.0. The van der Waals surface area contributed by atoms with Crippen molar-refractivity contribution in [1.82, 2.24) is 4.98 Å². The number of ether oxygens (including phenoxy) is 3. The number of pyridine rings is 1. The molecule has 1 fully saturated rings. The number of rotatable bonds is 6. The van der Waals surface area contributed by atoms with E-state index < -0.39 is 5.82 Å². The van der Waals surface area contributed by atoms with E-state index in [1.807, 2.05) is 13.0 Å². The number of hydrogen-bond acceptors (Lipinski definition) is 6. The average Bonchev–Trinajstić information content (AvgIpc) is 3.30. The van der Waals surface area contributed by atoms with Crippen LogP contribution < -0.4 is 10.1 Å².